The van der Waals surface area contributed by atoms with Crippen molar-refractivity contribution < 1.29 is 17.6 Å². The Bertz CT molecular complexity index is 1190. The molecule has 3 aromatic rings. The maximum absolute atomic E-state index is 13.3. The normalized spacial score (nSPS) is 12.5. The third kappa shape index (κ3) is 6.07. The molecule has 0 aromatic heterocycles. The largest absolute Gasteiger partial charge is 0.348 e. The van der Waals surface area contributed by atoms with E-state index in [-0.39, 0.29) is 17.3 Å². The first-order valence-corrected chi connectivity index (χ1v) is 11.9. The molecule has 32 heavy (non-hydrogen) atoms. The van der Waals surface area contributed by atoms with Crippen molar-refractivity contribution in [2.24, 2.45) is 0 Å². The van der Waals surface area contributed by atoms with Gasteiger partial charge in [0, 0.05) is 16.6 Å². The first kappa shape index (κ1) is 24.2. The zero-order valence-electron chi connectivity index (χ0n) is 17.1. The van der Waals surface area contributed by atoms with Crippen LogP contribution in [0.1, 0.15) is 24.1 Å². The maximum atomic E-state index is 13.3. The summed E-state index contributed by atoms with van der Waals surface area (Å²) in [6.07, 6.45) is 0. The van der Waals surface area contributed by atoms with Gasteiger partial charge in [0.25, 0.3) is 0 Å². The molecule has 5 nitrogen and oxygen atoms in total. The van der Waals surface area contributed by atoms with Crippen LogP contribution in [0.4, 0.5) is 4.39 Å². The fourth-order valence-corrected chi connectivity index (χ4v) is 4.95. The van der Waals surface area contributed by atoms with Crippen LogP contribution in [0.3, 0.4) is 0 Å². The van der Waals surface area contributed by atoms with E-state index in [1.165, 1.54) is 30.3 Å². The number of hydrogen-bond acceptors (Lipinski definition) is 3. The van der Waals surface area contributed by atoms with E-state index in [1.807, 2.05) is 0 Å². The summed E-state index contributed by atoms with van der Waals surface area (Å²) in [5.74, 6) is -0.890. The average Bonchev–Trinajstić information content (AvgIpc) is 2.76. The summed E-state index contributed by atoms with van der Waals surface area (Å²) in [5.41, 5.74) is 1.20. The Kier molecular flexibility index (Phi) is 7.90. The number of halogens is 3. The number of rotatable bonds is 8. The molecule has 0 bridgehead atoms. The van der Waals surface area contributed by atoms with Crippen LogP contribution in [0, 0.1) is 5.82 Å². The van der Waals surface area contributed by atoms with Crippen molar-refractivity contribution in [2.75, 3.05) is 6.54 Å². The third-order valence-electron chi connectivity index (χ3n) is 4.81. The Morgan fingerprint density at radius 1 is 1.03 bits per heavy atom. The molecular formula is C23H21Cl2FN2O3S. The molecule has 0 aliphatic rings. The van der Waals surface area contributed by atoms with Crippen molar-refractivity contribution in [1.82, 2.24) is 9.62 Å². The van der Waals surface area contributed by atoms with Crippen molar-refractivity contribution in [3.8, 4) is 0 Å². The number of hydrogen-bond donors (Lipinski definition) is 1. The summed E-state index contributed by atoms with van der Waals surface area (Å²) in [6, 6.07) is 17.9. The van der Waals surface area contributed by atoms with Crippen LogP contribution in [0.5, 0.6) is 0 Å². The molecule has 0 unspecified atom stereocenters. The van der Waals surface area contributed by atoms with E-state index in [0.717, 1.165) is 4.31 Å². The van der Waals surface area contributed by atoms with Gasteiger partial charge in [-0.2, -0.15) is 4.31 Å². The van der Waals surface area contributed by atoms with Crippen LogP contribution in [-0.2, 0) is 21.4 Å². The van der Waals surface area contributed by atoms with Crippen molar-refractivity contribution in [3.63, 3.8) is 0 Å². The minimum Gasteiger partial charge on any atom is -0.348 e. The Labute approximate surface area is 196 Å². The van der Waals surface area contributed by atoms with Crippen molar-refractivity contribution in [1.29, 1.82) is 0 Å². The molecule has 0 fully saturated rings. The van der Waals surface area contributed by atoms with Crippen LogP contribution >= 0.6 is 23.2 Å². The summed E-state index contributed by atoms with van der Waals surface area (Å²) in [6.45, 7) is 1.19. The first-order chi connectivity index (χ1) is 15.2. The predicted octanol–water partition coefficient (Wildman–Crippen LogP) is 5.20. The third-order valence-corrected chi connectivity index (χ3v) is 7.20. The van der Waals surface area contributed by atoms with Crippen LogP contribution in [0.2, 0.25) is 10.0 Å². The number of amides is 1. The molecule has 0 radical (unpaired) electrons. The van der Waals surface area contributed by atoms with Crippen LogP contribution in [0.25, 0.3) is 0 Å². The van der Waals surface area contributed by atoms with Gasteiger partial charge < -0.3 is 5.32 Å². The smallest absolute Gasteiger partial charge is 0.243 e. The topological polar surface area (TPSA) is 66.5 Å². The minimum atomic E-state index is -4.00. The van der Waals surface area contributed by atoms with Gasteiger partial charge >= 0.3 is 0 Å². The molecule has 1 amide bonds. The van der Waals surface area contributed by atoms with Gasteiger partial charge in [-0.25, -0.2) is 12.8 Å². The minimum absolute atomic E-state index is 0.0597. The molecule has 0 aliphatic carbocycles. The molecule has 9 heteroatoms. The van der Waals surface area contributed by atoms with Crippen molar-refractivity contribution in [3.05, 3.63) is 99.8 Å². The molecule has 0 saturated carbocycles. The average molecular weight is 495 g/mol. The van der Waals surface area contributed by atoms with E-state index in [9.17, 15) is 17.6 Å². The van der Waals surface area contributed by atoms with Crippen LogP contribution in [0.15, 0.2) is 77.7 Å². The Morgan fingerprint density at radius 3 is 2.31 bits per heavy atom. The standard InChI is InChI=1S/C23H21Cl2FN2O3S/c1-16(17-8-11-20(26)12-9-17)27-23(29)15-28(14-18-7-10-19(24)13-22(18)25)32(30,31)21-5-3-2-4-6-21/h2-13,16H,14-15H2,1H3,(H,27,29)/t16-/m0/s1. The van der Waals surface area contributed by atoms with Gasteiger partial charge in [0.05, 0.1) is 17.5 Å². The molecule has 0 aliphatic heterocycles. The second-order valence-corrected chi connectivity index (χ2v) is 9.94. The number of sulfonamides is 1. The molecule has 1 N–H and O–H groups in total. The van der Waals surface area contributed by atoms with Gasteiger partial charge in [-0.3, -0.25) is 4.79 Å². The molecular weight excluding hydrogens is 474 g/mol. The second kappa shape index (κ2) is 10.4. The SMILES string of the molecule is C[C@H](NC(=O)CN(Cc1ccc(Cl)cc1Cl)S(=O)(=O)c1ccccc1)c1ccc(F)cc1. The summed E-state index contributed by atoms with van der Waals surface area (Å²) in [4.78, 5) is 12.8. The first-order valence-electron chi connectivity index (χ1n) is 9.71. The molecule has 0 saturated heterocycles. The molecule has 0 heterocycles. The Hall–Kier alpha value is -2.45. The monoisotopic (exact) mass is 494 g/mol. The zero-order chi connectivity index (χ0) is 23.3. The van der Waals surface area contributed by atoms with Gasteiger partial charge in [-0.15, -0.1) is 0 Å². The van der Waals surface area contributed by atoms with E-state index >= 15 is 0 Å². The quantitative estimate of drug-likeness (QED) is 0.467. The van der Waals surface area contributed by atoms with Gasteiger partial charge in [-0.05, 0) is 54.4 Å². The van der Waals surface area contributed by atoms with Gasteiger partial charge in [0.1, 0.15) is 5.82 Å². The lowest BCUT2D eigenvalue weighted by molar-refractivity contribution is -0.122. The summed E-state index contributed by atoms with van der Waals surface area (Å²) < 4.78 is 40.8. The van der Waals surface area contributed by atoms with E-state index in [0.29, 0.717) is 21.2 Å². The Morgan fingerprint density at radius 2 is 1.69 bits per heavy atom. The molecule has 3 aromatic carbocycles. The number of benzene rings is 3. The highest BCUT2D eigenvalue weighted by Gasteiger charge is 2.28. The molecule has 1 atom stereocenters. The molecule has 0 spiro atoms. The highest BCUT2D eigenvalue weighted by Crippen LogP contribution is 2.25. The lowest BCUT2D eigenvalue weighted by Gasteiger charge is -2.24. The van der Waals surface area contributed by atoms with Crippen LogP contribution < -0.4 is 5.32 Å². The lowest BCUT2D eigenvalue weighted by Crippen LogP contribution is -2.41. The molecule has 168 valence electrons. The highest BCUT2D eigenvalue weighted by molar-refractivity contribution is 7.89. The number of nitrogens with one attached hydrogen (secondary N) is 1. The fraction of sp³-hybridized carbons (Fsp3) is 0.174. The van der Waals surface area contributed by atoms with E-state index in [2.05, 4.69) is 5.32 Å². The van der Waals surface area contributed by atoms with Crippen LogP contribution in [-0.4, -0.2) is 25.2 Å². The predicted molar refractivity (Wildman–Crippen MR) is 123 cm³/mol. The van der Waals surface area contributed by atoms with Gasteiger partial charge in [0.15, 0.2) is 0 Å². The fourth-order valence-electron chi connectivity index (χ4n) is 3.09. The van der Waals surface area contributed by atoms with Gasteiger partial charge in [-0.1, -0.05) is 59.6 Å². The van der Waals surface area contributed by atoms with E-state index in [1.54, 1.807) is 49.4 Å². The number of nitrogens with zero attached hydrogens (tertiary/aromatic N) is 1. The summed E-state index contributed by atoms with van der Waals surface area (Å²) >= 11 is 12.2. The van der Waals surface area contributed by atoms with Gasteiger partial charge in [0.2, 0.25) is 15.9 Å². The lowest BCUT2D eigenvalue weighted by atomic mass is 10.1. The number of carbonyl (C=O) groups excluding carboxylic acids is 1. The maximum Gasteiger partial charge on any atom is 0.243 e. The highest BCUT2D eigenvalue weighted by atomic mass is 35.5. The second-order valence-electron chi connectivity index (χ2n) is 7.16. The summed E-state index contributed by atoms with van der Waals surface area (Å²) in [7, 11) is -4.00. The number of carbonyl (C=O) groups is 1. The van der Waals surface area contributed by atoms with Crippen molar-refractivity contribution >= 4 is 39.1 Å². The van der Waals surface area contributed by atoms with E-state index in [4.69, 9.17) is 23.2 Å². The van der Waals surface area contributed by atoms with E-state index < -0.39 is 28.5 Å². The van der Waals surface area contributed by atoms with Crippen molar-refractivity contribution in [2.45, 2.75) is 24.4 Å². The Balaban J connectivity index is 1.84. The molecule has 3 rings (SSSR count). The zero-order valence-corrected chi connectivity index (χ0v) is 19.5. The summed E-state index contributed by atoms with van der Waals surface area (Å²) in [5, 5.41) is 3.47.